The number of nitrogens with one attached hydrogen (secondary N) is 1. The summed E-state index contributed by atoms with van der Waals surface area (Å²) in [6.45, 7) is 1.91. The molecule has 2 aromatic rings. The van der Waals surface area contributed by atoms with E-state index < -0.39 is 23.2 Å². The van der Waals surface area contributed by atoms with E-state index in [1.54, 1.807) is 12.1 Å². The first-order valence-corrected chi connectivity index (χ1v) is 5.99. The monoisotopic (exact) mass is 284 g/mol. The van der Waals surface area contributed by atoms with Gasteiger partial charge in [-0.2, -0.15) is 13.2 Å². The number of rotatable bonds is 3. The molecule has 1 heterocycles. The van der Waals surface area contributed by atoms with E-state index in [-0.39, 0.29) is 0 Å². The fraction of sp³-hybridized carbons (Fsp3) is 0.214. The van der Waals surface area contributed by atoms with Gasteiger partial charge in [0.25, 0.3) is 0 Å². The van der Waals surface area contributed by atoms with E-state index in [1.807, 2.05) is 6.92 Å². The van der Waals surface area contributed by atoms with E-state index in [1.165, 1.54) is 6.20 Å². The van der Waals surface area contributed by atoms with E-state index >= 15 is 0 Å². The minimum absolute atomic E-state index is 0.304. The van der Waals surface area contributed by atoms with Crippen molar-refractivity contribution in [3.05, 3.63) is 53.6 Å². The van der Waals surface area contributed by atoms with Crippen molar-refractivity contribution in [1.29, 1.82) is 0 Å². The van der Waals surface area contributed by atoms with E-state index in [2.05, 4.69) is 10.3 Å². The second kappa shape index (κ2) is 5.48. The van der Waals surface area contributed by atoms with Crippen molar-refractivity contribution >= 4 is 11.4 Å². The summed E-state index contributed by atoms with van der Waals surface area (Å²) in [5.41, 5.74) is -0.527. The molecule has 2 nitrogen and oxygen atoms in total. The first kappa shape index (κ1) is 14.3. The second-order valence-electron chi connectivity index (χ2n) is 4.18. The van der Waals surface area contributed by atoms with Gasteiger partial charge in [-0.1, -0.05) is 13.0 Å². The molecular weight excluding hydrogens is 272 g/mol. The first-order chi connectivity index (χ1) is 9.41. The van der Waals surface area contributed by atoms with Crippen LogP contribution in [-0.4, -0.2) is 4.98 Å². The maximum Gasteiger partial charge on any atom is 0.418 e. The molecule has 1 aromatic carbocycles. The zero-order chi connectivity index (χ0) is 14.8. The molecule has 0 aliphatic rings. The number of alkyl halides is 3. The number of aryl methyl sites for hydroxylation is 1. The number of para-hydroxylation sites is 1. The molecular formula is C14H12F4N2. The van der Waals surface area contributed by atoms with Gasteiger partial charge in [0, 0.05) is 5.69 Å². The minimum atomic E-state index is -4.62. The molecule has 20 heavy (non-hydrogen) atoms. The summed E-state index contributed by atoms with van der Waals surface area (Å²) in [5.74, 6) is -0.959. The van der Waals surface area contributed by atoms with Gasteiger partial charge < -0.3 is 5.32 Å². The third kappa shape index (κ3) is 3.07. The van der Waals surface area contributed by atoms with Crippen molar-refractivity contribution in [2.45, 2.75) is 19.5 Å². The average molecular weight is 284 g/mol. The third-order valence-electron chi connectivity index (χ3n) is 2.78. The molecule has 0 aliphatic carbocycles. The van der Waals surface area contributed by atoms with Gasteiger partial charge in [0.1, 0.15) is 5.82 Å². The molecule has 0 amide bonds. The van der Waals surface area contributed by atoms with Crippen molar-refractivity contribution in [3.63, 3.8) is 0 Å². The van der Waals surface area contributed by atoms with Gasteiger partial charge in [-0.15, -0.1) is 0 Å². The van der Waals surface area contributed by atoms with Crippen molar-refractivity contribution in [2.75, 3.05) is 5.32 Å². The van der Waals surface area contributed by atoms with Crippen LogP contribution in [0.5, 0.6) is 0 Å². The van der Waals surface area contributed by atoms with Gasteiger partial charge in [0.2, 0.25) is 0 Å². The summed E-state index contributed by atoms with van der Waals surface area (Å²) in [6.07, 6.45) is -2.53. The maximum atomic E-state index is 13.6. The molecule has 0 saturated heterocycles. The van der Waals surface area contributed by atoms with Gasteiger partial charge in [-0.05, 0) is 30.7 Å². The minimum Gasteiger partial charge on any atom is -0.351 e. The molecule has 0 atom stereocenters. The quantitative estimate of drug-likeness (QED) is 0.837. The van der Waals surface area contributed by atoms with Crippen molar-refractivity contribution in [3.8, 4) is 0 Å². The Balaban J connectivity index is 2.37. The lowest BCUT2D eigenvalue weighted by atomic mass is 10.1. The SMILES string of the molecule is CCc1ccc(Nc2c(F)cccc2C(F)(F)F)cn1. The van der Waals surface area contributed by atoms with Crippen LogP contribution in [0.25, 0.3) is 0 Å². The molecule has 1 N–H and O–H groups in total. The van der Waals surface area contributed by atoms with Crippen LogP contribution in [0.3, 0.4) is 0 Å². The van der Waals surface area contributed by atoms with Crippen LogP contribution >= 0.6 is 0 Å². The summed E-state index contributed by atoms with van der Waals surface area (Å²) in [7, 11) is 0. The van der Waals surface area contributed by atoms with Crippen LogP contribution < -0.4 is 5.32 Å². The summed E-state index contributed by atoms with van der Waals surface area (Å²) >= 11 is 0. The number of aromatic nitrogens is 1. The van der Waals surface area contributed by atoms with Gasteiger partial charge in [-0.3, -0.25) is 4.98 Å². The molecule has 0 fully saturated rings. The van der Waals surface area contributed by atoms with Gasteiger partial charge in [-0.25, -0.2) is 4.39 Å². The molecule has 2 rings (SSSR count). The maximum absolute atomic E-state index is 13.6. The summed E-state index contributed by atoms with van der Waals surface area (Å²) in [5, 5.41) is 2.44. The largest absolute Gasteiger partial charge is 0.418 e. The number of hydrogen-bond acceptors (Lipinski definition) is 2. The molecule has 0 saturated carbocycles. The Hall–Kier alpha value is -2.11. The Morgan fingerprint density at radius 3 is 2.45 bits per heavy atom. The number of pyridine rings is 1. The molecule has 106 valence electrons. The van der Waals surface area contributed by atoms with Gasteiger partial charge in [0.05, 0.1) is 23.1 Å². The first-order valence-electron chi connectivity index (χ1n) is 5.99. The lowest BCUT2D eigenvalue weighted by molar-refractivity contribution is -0.137. The van der Waals surface area contributed by atoms with E-state index in [4.69, 9.17) is 0 Å². The third-order valence-corrected chi connectivity index (χ3v) is 2.78. The predicted octanol–water partition coefficient (Wildman–Crippen LogP) is 4.55. The van der Waals surface area contributed by atoms with Crippen LogP contribution in [0.2, 0.25) is 0 Å². The molecule has 0 unspecified atom stereocenters. The van der Waals surface area contributed by atoms with Crippen LogP contribution in [0.4, 0.5) is 28.9 Å². The smallest absolute Gasteiger partial charge is 0.351 e. The highest BCUT2D eigenvalue weighted by molar-refractivity contribution is 5.64. The number of halogens is 4. The highest BCUT2D eigenvalue weighted by atomic mass is 19.4. The Morgan fingerprint density at radius 1 is 1.15 bits per heavy atom. The highest BCUT2D eigenvalue weighted by Gasteiger charge is 2.34. The zero-order valence-electron chi connectivity index (χ0n) is 10.6. The lowest BCUT2D eigenvalue weighted by Gasteiger charge is -2.15. The summed E-state index contributed by atoms with van der Waals surface area (Å²) in [6, 6.07) is 6.08. The van der Waals surface area contributed by atoms with E-state index in [0.29, 0.717) is 12.1 Å². The fourth-order valence-electron chi connectivity index (χ4n) is 1.74. The lowest BCUT2D eigenvalue weighted by Crippen LogP contribution is -2.10. The van der Waals surface area contributed by atoms with E-state index in [9.17, 15) is 17.6 Å². The normalized spacial score (nSPS) is 11.4. The second-order valence-corrected chi connectivity index (χ2v) is 4.18. The molecule has 0 bridgehead atoms. The predicted molar refractivity (Wildman–Crippen MR) is 68.3 cm³/mol. The number of hydrogen-bond donors (Lipinski definition) is 1. The molecule has 6 heteroatoms. The van der Waals surface area contributed by atoms with Crippen molar-refractivity contribution < 1.29 is 17.6 Å². The summed E-state index contributed by atoms with van der Waals surface area (Å²) < 4.78 is 52.1. The number of nitrogens with zero attached hydrogens (tertiary/aromatic N) is 1. The Morgan fingerprint density at radius 2 is 1.90 bits per heavy atom. The van der Waals surface area contributed by atoms with Crippen LogP contribution in [0, 0.1) is 5.82 Å². The van der Waals surface area contributed by atoms with Crippen LogP contribution in [-0.2, 0) is 12.6 Å². The topological polar surface area (TPSA) is 24.9 Å². The number of benzene rings is 1. The number of anilines is 2. The average Bonchev–Trinajstić information content (AvgIpc) is 2.40. The highest BCUT2D eigenvalue weighted by Crippen LogP contribution is 2.37. The molecule has 0 aliphatic heterocycles. The van der Waals surface area contributed by atoms with Crippen molar-refractivity contribution in [1.82, 2.24) is 4.98 Å². The molecule has 0 spiro atoms. The van der Waals surface area contributed by atoms with E-state index in [0.717, 1.165) is 23.9 Å². The fourth-order valence-corrected chi connectivity index (χ4v) is 1.74. The van der Waals surface area contributed by atoms with Gasteiger partial charge in [0.15, 0.2) is 0 Å². The molecule has 0 radical (unpaired) electrons. The van der Waals surface area contributed by atoms with Crippen LogP contribution in [0.1, 0.15) is 18.2 Å². The Labute approximate surface area is 113 Å². The molecule has 1 aromatic heterocycles. The van der Waals surface area contributed by atoms with Crippen LogP contribution in [0.15, 0.2) is 36.5 Å². The van der Waals surface area contributed by atoms with Gasteiger partial charge >= 0.3 is 6.18 Å². The Bertz CT molecular complexity index is 591. The Kier molecular flexibility index (Phi) is 3.92. The van der Waals surface area contributed by atoms with Crippen molar-refractivity contribution in [2.24, 2.45) is 0 Å². The standard InChI is InChI=1S/C14H12F4N2/c1-2-9-6-7-10(8-19-9)20-13-11(14(16,17)18)4-3-5-12(13)15/h3-8,20H,2H2,1H3. The zero-order valence-corrected chi connectivity index (χ0v) is 10.6. The summed E-state index contributed by atoms with van der Waals surface area (Å²) in [4.78, 5) is 4.05.